The number of aryl methyl sites for hydroxylation is 1. The molecule has 0 unspecified atom stereocenters. The standard InChI is InChI=1S/C17H20FN3O3/c1-9-4-3-6-21-15(18)13(19-16(9)21)17(22)20-12-10-5-7-24-14(10)11(12)8-23-2/h3-4,6,10-12,14H,5,7-8H2,1-2H3,(H,20,22)/t10-,11+,12-,14-/m0/s1. The molecule has 2 fully saturated rings. The molecular formula is C17H20FN3O3. The number of ether oxygens (including phenoxy) is 2. The molecular weight excluding hydrogens is 313 g/mol. The zero-order valence-corrected chi connectivity index (χ0v) is 13.7. The molecule has 1 amide bonds. The SMILES string of the molecule is COC[C@@H]1[C@@H](NC(=O)c2nc3c(C)cccn3c2F)[C@@H]2CCO[C@H]12. The Morgan fingerprint density at radius 1 is 1.58 bits per heavy atom. The first-order valence-electron chi connectivity index (χ1n) is 8.16. The highest BCUT2D eigenvalue weighted by Crippen LogP contribution is 2.43. The fraction of sp³-hybridized carbons (Fsp3) is 0.529. The molecule has 3 heterocycles. The molecule has 2 aromatic heterocycles. The Morgan fingerprint density at radius 2 is 2.42 bits per heavy atom. The maximum Gasteiger partial charge on any atom is 0.274 e. The molecule has 0 aromatic carbocycles. The summed E-state index contributed by atoms with van der Waals surface area (Å²) in [7, 11) is 1.63. The second kappa shape index (κ2) is 5.82. The minimum Gasteiger partial charge on any atom is -0.384 e. The van der Waals surface area contributed by atoms with E-state index in [2.05, 4.69) is 10.3 Å². The molecule has 0 spiro atoms. The van der Waals surface area contributed by atoms with Gasteiger partial charge in [0.15, 0.2) is 5.69 Å². The number of nitrogens with zero attached hydrogens (tertiary/aromatic N) is 2. The number of carbonyl (C=O) groups excluding carboxylic acids is 1. The summed E-state index contributed by atoms with van der Waals surface area (Å²) >= 11 is 0. The van der Waals surface area contributed by atoms with E-state index in [-0.39, 0.29) is 29.7 Å². The van der Waals surface area contributed by atoms with E-state index in [9.17, 15) is 9.18 Å². The van der Waals surface area contributed by atoms with Crippen LogP contribution in [0.15, 0.2) is 18.3 Å². The third-order valence-electron chi connectivity index (χ3n) is 5.19. The molecule has 2 aliphatic rings. The molecule has 4 rings (SSSR count). The monoisotopic (exact) mass is 333 g/mol. The van der Waals surface area contributed by atoms with Gasteiger partial charge in [-0.15, -0.1) is 0 Å². The molecule has 6 nitrogen and oxygen atoms in total. The fourth-order valence-corrected chi connectivity index (χ4v) is 3.97. The first-order chi connectivity index (χ1) is 11.6. The zero-order chi connectivity index (χ0) is 16.8. The van der Waals surface area contributed by atoms with Crippen molar-refractivity contribution in [2.75, 3.05) is 20.3 Å². The van der Waals surface area contributed by atoms with Gasteiger partial charge >= 0.3 is 0 Å². The quantitative estimate of drug-likeness (QED) is 0.922. The Morgan fingerprint density at radius 3 is 3.17 bits per heavy atom. The van der Waals surface area contributed by atoms with Gasteiger partial charge in [-0.3, -0.25) is 9.20 Å². The van der Waals surface area contributed by atoms with Crippen molar-refractivity contribution in [2.45, 2.75) is 25.5 Å². The summed E-state index contributed by atoms with van der Waals surface area (Å²) in [6, 6.07) is 3.51. The van der Waals surface area contributed by atoms with Crippen LogP contribution in [0, 0.1) is 24.7 Å². The van der Waals surface area contributed by atoms with E-state index in [1.807, 2.05) is 13.0 Å². The Balaban J connectivity index is 1.58. The van der Waals surface area contributed by atoms with E-state index in [1.165, 1.54) is 4.40 Å². The largest absolute Gasteiger partial charge is 0.384 e. The molecule has 1 saturated heterocycles. The summed E-state index contributed by atoms with van der Waals surface area (Å²) < 4.78 is 26.8. The van der Waals surface area contributed by atoms with E-state index < -0.39 is 11.9 Å². The number of imidazole rings is 1. The second-order valence-corrected chi connectivity index (χ2v) is 6.54. The smallest absolute Gasteiger partial charge is 0.274 e. The van der Waals surface area contributed by atoms with Crippen molar-refractivity contribution >= 4 is 11.6 Å². The number of hydrogen-bond acceptors (Lipinski definition) is 4. The van der Waals surface area contributed by atoms with E-state index in [0.29, 0.717) is 18.9 Å². The highest BCUT2D eigenvalue weighted by Gasteiger charge is 2.54. The molecule has 1 N–H and O–H groups in total. The third kappa shape index (κ3) is 2.22. The third-order valence-corrected chi connectivity index (χ3v) is 5.19. The number of hydrogen-bond donors (Lipinski definition) is 1. The van der Waals surface area contributed by atoms with Crippen LogP contribution < -0.4 is 5.32 Å². The molecule has 7 heteroatoms. The van der Waals surface area contributed by atoms with Crippen molar-refractivity contribution in [3.8, 4) is 0 Å². The maximum absolute atomic E-state index is 14.5. The Labute approximate surface area is 139 Å². The average Bonchev–Trinajstić information content (AvgIpc) is 3.14. The predicted octanol–water partition coefficient (Wildman–Crippen LogP) is 1.56. The first kappa shape index (κ1) is 15.5. The van der Waals surface area contributed by atoms with E-state index in [0.717, 1.165) is 12.0 Å². The highest BCUT2D eigenvalue weighted by molar-refractivity contribution is 5.93. The lowest BCUT2D eigenvalue weighted by atomic mass is 9.67. The van der Waals surface area contributed by atoms with E-state index in [4.69, 9.17) is 9.47 Å². The summed E-state index contributed by atoms with van der Waals surface area (Å²) in [4.78, 5) is 16.8. The van der Waals surface area contributed by atoms with Gasteiger partial charge in [0.05, 0.1) is 12.7 Å². The maximum atomic E-state index is 14.5. The van der Waals surface area contributed by atoms with Crippen LogP contribution in [0.25, 0.3) is 5.65 Å². The van der Waals surface area contributed by atoms with E-state index in [1.54, 1.807) is 19.4 Å². The van der Waals surface area contributed by atoms with Crippen LogP contribution in [-0.4, -0.2) is 47.8 Å². The van der Waals surface area contributed by atoms with Crippen LogP contribution in [-0.2, 0) is 9.47 Å². The van der Waals surface area contributed by atoms with Gasteiger partial charge < -0.3 is 14.8 Å². The van der Waals surface area contributed by atoms with Crippen molar-refractivity contribution in [3.05, 3.63) is 35.5 Å². The number of fused-ring (bicyclic) bond motifs is 2. The van der Waals surface area contributed by atoms with Gasteiger partial charge in [0.25, 0.3) is 5.91 Å². The number of carbonyl (C=O) groups is 1. The molecule has 1 aliphatic carbocycles. The van der Waals surface area contributed by atoms with Crippen LogP contribution in [0.5, 0.6) is 0 Å². The molecule has 1 aliphatic heterocycles. The first-order valence-corrected chi connectivity index (χ1v) is 8.16. The summed E-state index contributed by atoms with van der Waals surface area (Å²) in [6.07, 6.45) is 2.60. The summed E-state index contributed by atoms with van der Waals surface area (Å²) in [5, 5.41) is 2.95. The normalized spacial score (nSPS) is 28.6. The number of pyridine rings is 1. The Kier molecular flexibility index (Phi) is 3.77. The number of halogens is 1. The van der Waals surface area contributed by atoms with Crippen molar-refractivity contribution in [1.29, 1.82) is 0 Å². The zero-order valence-electron chi connectivity index (χ0n) is 13.7. The molecule has 0 bridgehead atoms. The van der Waals surface area contributed by atoms with Gasteiger partial charge in [-0.1, -0.05) is 6.07 Å². The topological polar surface area (TPSA) is 64.9 Å². The molecule has 24 heavy (non-hydrogen) atoms. The number of methoxy groups -OCH3 is 1. The summed E-state index contributed by atoms with van der Waals surface area (Å²) in [6.45, 7) is 3.05. The molecule has 4 atom stereocenters. The molecule has 0 radical (unpaired) electrons. The van der Waals surface area contributed by atoms with Gasteiger partial charge in [-0.05, 0) is 25.0 Å². The summed E-state index contributed by atoms with van der Waals surface area (Å²) in [5.74, 6) is -0.732. The molecule has 2 aromatic rings. The lowest BCUT2D eigenvalue weighted by molar-refractivity contribution is -0.0810. The van der Waals surface area contributed by atoms with Crippen molar-refractivity contribution < 1.29 is 18.7 Å². The van der Waals surface area contributed by atoms with Gasteiger partial charge in [0.1, 0.15) is 5.65 Å². The average molecular weight is 333 g/mol. The summed E-state index contributed by atoms with van der Waals surface area (Å²) in [5.41, 5.74) is 1.12. The van der Waals surface area contributed by atoms with Crippen LogP contribution in [0.2, 0.25) is 0 Å². The number of amides is 1. The van der Waals surface area contributed by atoms with Gasteiger partial charge in [0, 0.05) is 37.8 Å². The lowest BCUT2D eigenvalue weighted by Gasteiger charge is -2.47. The minimum atomic E-state index is -0.631. The van der Waals surface area contributed by atoms with Crippen molar-refractivity contribution in [2.24, 2.45) is 11.8 Å². The Hall–Kier alpha value is -1.99. The lowest BCUT2D eigenvalue weighted by Crippen LogP contribution is -2.62. The van der Waals surface area contributed by atoms with E-state index >= 15 is 0 Å². The van der Waals surface area contributed by atoms with Gasteiger partial charge in [0.2, 0.25) is 5.95 Å². The van der Waals surface area contributed by atoms with Crippen LogP contribution >= 0.6 is 0 Å². The predicted molar refractivity (Wildman–Crippen MR) is 84.4 cm³/mol. The van der Waals surface area contributed by atoms with Gasteiger partial charge in [-0.2, -0.15) is 4.39 Å². The molecule has 1 saturated carbocycles. The van der Waals surface area contributed by atoms with Crippen LogP contribution in [0.1, 0.15) is 22.5 Å². The van der Waals surface area contributed by atoms with Gasteiger partial charge in [-0.25, -0.2) is 4.98 Å². The van der Waals surface area contributed by atoms with Crippen molar-refractivity contribution in [1.82, 2.24) is 14.7 Å². The minimum absolute atomic E-state index is 0.0599. The Bertz CT molecular complexity index is 791. The number of aromatic nitrogens is 2. The number of rotatable bonds is 4. The molecule has 128 valence electrons. The second-order valence-electron chi connectivity index (χ2n) is 6.54. The van der Waals surface area contributed by atoms with Crippen LogP contribution in [0.3, 0.4) is 0 Å². The number of nitrogens with one attached hydrogen (secondary N) is 1. The van der Waals surface area contributed by atoms with Crippen LogP contribution in [0.4, 0.5) is 4.39 Å². The highest BCUT2D eigenvalue weighted by atomic mass is 19.1. The fourth-order valence-electron chi connectivity index (χ4n) is 3.97. The van der Waals surface area contributed by atoms with Crippen molar-refractivity contribution in [3.63, 3.8) is 0 Å².